The predicted molar refractivity (Wildman–Crippen MR) is 124 cm³/mol. The minimum atomic E-state index is -0.919. The molecule has 2 aliphatic carbocycles. The molecule has 7 nitrogen and oxygen atoms in total. The van der Waals surface area contributed by atoms with Gasteiger partial charge in [-0.3, -0.25) is 9.59 Å². The van der Waals surface area contributed by atoms with Gasteiger partial charge in [0, 0.05) is 23.9 Å². The first-order valence-electron chi connectivity index (χ1n) is 11.6. The molecule has 0 aliphatic heterocycles. The number of aliphatic carboxylic acids is 1. The maximum atomic E-state index is 12.4. The van der Waals surface area contributed by atoms with Crippen LogP contribution >= 0.6 is 0 Å². The van der Waals surface area contributed by atoms with E-state index in [4.69, 9.17) is 9.84 Å². The maximum absolute atomic E-state index is 12.4. The minimum Gasteiger partial charge on any atom is -0.481 e. The quantitative estimate of drug-likeness (QED) is 0.534. The zero-order valence-electron chi connectivity index (χ0n) is 18.8. The van der Waals surface area contributed by atoms with Gasteiger partial charge in [0.15, 0.2) is 0 Å². The number of hydrogen-bond acceptors (Lipinski definition) is 4. The molecule has 0 bridgehead atoms. The number of carbonyl (C=O) groups is 3. The number of carbonyl (C=O) groups excluding carboxylic acids is 2. The maximum Gasteiger partial charge on any atom is 0.407 e. The van der Waals surface area contributed by atoms with Gasteiger partial charge in [0.2, 0.25) is 5.91 Å². The van der Waals surface area contributed by atoms with E-state index in [0.717, 1.165) is 17.5 Å². The normalized spacial score (nSPS) is 19.5. The standard InChI is InChI=1S/C26H30N2O5/c1-2-7-17(14-24(29)30)27-25(31)16-12-18(13-16)28-26(32)33-15-23-21-10-5-3-8-19(21)20-9-4-6-11-22(20)23/h3-6,8-11,16-18,23H,2,7,12-15H2,1H3,(H,27,31)(H,28,32)(H,29,30)/t16?,17-,18?/m0/s1. The number of nitrogens with one attached hydrogen (secondary N) is 2. The number of hydrogen-bond donors (Lipinski definition) is 3. The Labute approximate surface area is 193 Å². The highest BCUT2D eigenvalue weighted by atomic mass is 16.5. The highest BCUT2D eigenvalue weighted by Gasteiger charge is 2.37. The van der Waals surface area contributed by atoms with E-state index >= 15 is 0 Å². The summed E-state index contributed by atoms with van der Waals surface area (Å²) in [6.07, 6.45) is 1.94. The van der Waals surface area contributed by atoms with Crippen molar-refractivity contribution in [2.75, 3.05) is 6.61 Å². The molecule has 0 saturated heterocycles. The third kappa shape index (κ3) is 5.18. The highest BCUT2D eigenvalue weighted by Crippen LogP contribution is 2.44. The Morgan fingerprint density at radius 2 is 1.64 bits per heavy atom. The summed E-state index contributed by atoms with van der Waals surface area (Å²) in [5.74, 6) is -1.26. The Balaban J connectivity index is 1.24. The van der Waals surface area contributed by atoms with Crippen LogP contribution in [0, 0.1) is 5.92 Å². The van der Waals surface area contributed by atoms with Crippen LogP contribution in [0.15, 0.2) is 48.5 Å². The smallest absolute Gasteiger partial charge is 0.407 e. The molecule has 0 aromatic heterocycles. The van der Waals surface area contributed by atoms with Crippen molar-refractivity contribution in [2.45, 2.75) is 57.0 Å². The van der Waals surface area contributed by atoms with E-state index in [0.29, 0.717) is 19.3 Å². The number of benzene rings is 2. The van der Waals surface area contributed by atoms with Crippen LogP contribution in [-0.4, -0.2) is 41.8 Å². The monoisotopic (exact) mass is 450 g/mol. The predicted octanol–water partition coefficient (Wildman–Crippen LogP) is 4.06. The lowest BCUT2D eigenvalue weighted by atomic mass is 9.79. The molecule has 4 rings (SSSR count). The first-order valence-corrected chi connectivity index (χ1v) is 11.6. The van der Waals surface area contributed by atoms with Gasteiger partial charge in [-0.25, -0.2) is 4.79 Å². The SMILES string of the molecule is CCC[C@@H](CC(=O)O)NC(=O)C1CC(NC(=O)OCC2c3ccccc3-c3ccccc32)C1. The first kappa shape index (κ1) is 22.8. The number of alkyl carbamates (subject to hydrolysis) is 1. The van der Waals surface area contributed by atoms with Crippen molar-refractivity contribution in [1.29, 1.82) is 0 Å². The number of rotatable bonds is 9. The molecule has 2 aliphatic rings. The van der Waals surface area contributed by atoms with Crippen molar-refractivity contribution >= 4 is 18.0 Å². The summed E-state index contributed by atoms with van der Waals surface area (Å²) in [4.78, 5) is 35.8. The minimum absolute atomic E-state index is 0.00722. The van der Waals surface area contributed by atoms with Crippen LogP contribution < -0.4 is 10.6 Å². The van der Waals surface area contributed by atoms with Gasteiger partial charge in [0.25, 0.3) is 0 Å². The molecule has 1 atom stereocenters. The van der Waals surface area contributed by atoms with Crippen LogP contribution in [0.3, 0.4) is 0 Å². The summed E-state index contributed by atoms with van der Waals surface area (Å²) >= 11 is 0. The first-order chi connectivity index (χ1) is 16.0. The number of carboxylic acid groups (broad SMARTS) is 1. The Morgan fingerprint density at radius 1 is 1.03 bits per heavy atom. The fourth-order valence-corrected chi connectivity index (χ4v) is 4.86. The third-order valence-corrected chi connectivity index (χ3v) is 6.58. The molecule has 1 saturated carbocycles. The van der Waals surface area contributed by atoms with E-state index < -0.39 is 12.1 Å². The molecule has 2 aromatic carbocycles. The molecule has 174 valence electrons. The van der Waals surface area contributed by atoms with Gasteiger partial charge in [0.05, 0.1) is 6.42 Å². The molecule has 0 heterocycles. The molecule has 7 heteroatoms. The fraction of sp³-hybridized carbons (Fsp3) is 0.423. The molecular weight excluding hydrogens is 420 g/mol. The summed E-state index contributed by atoms with van der Waals surface area (Å²) in [6.45, 7) is 2.21. The van der Waals surface area contributed by atoms with Crippen molar-refractivity contribution in [2.24, 2.45) is 5.92 Å². The van der Waals surface area contributed by atoms with E-state index in [1.54, 1.807) is 0 Å². The molecule has 3 N–H and O–H groups in total. The van der Waals surface area contributed by atoms with Crippen molar-refractivity contribution < 1.29 is 24.2 Å². The van der Waals surface area contributed by atoms with Gasteiger partial charge < -0.3 is 20.5 Å². The van der Waals surface area contributed by atoms with Crippen molar-refractivity contribution in [3.05, 3.63) is 59.7 Å². The van der Waals surface area contributed by atoms with Crippen LogP contribution in [0.5, 0.6) is 0 Å². The van der Waals surface area contributed by atoms with Crippen molar-refractivity contribution in [1.82, 2.24) is 10.6 Å². The summed E-state index contributed by atoms with van der Waals surface area (Å²) in [7, 11) is 0. The molecular formula is C26H30N2O5. The average Bonchev–Trinajstić information content (AvgIpc) is 3.08. The molecule has 0 spiro atoms. The topological polar surface area (TPSA) is 105 Å². The van der Waals surface area contributed by atoms with Gasteiger partial charge in [-0.1, -0.05) is 61.9 Å². The van der Waals surface area contributed by atoms with Gasteiger partial charge in [0.1, 0.15) is 6.61 Å². The lowest BCUT2D eigenvalue weighted by Gasteiger charge is -2.35. The number of ether oxygens (including phenoxy) is 1. The summed E-state index contributed by atoms with van der Waals surface area (Å²) < 4.78 is 5.57. The largest absolute Gasteiger partial charge is 0.481 e. The Hall–Kier alpha value is -3.35. The van der Waals surface area contributed by atoms with Crippen LogP contribution in [0.4, 0.5) is 4.79 Å². The molecule has 2 aromatic rings. The van der Waals surface area contributed by atoms with E-state index in [-0.39, 0.29) is 42.9 Å². The van der Waals surface area contributed by atoms with Crippen LogP contribution in [0.2, 0.25) is 0 Å². The van der Waals surface area contributed by atoms with E-state index in [9.17, 15) is 14.4 Å². The summed E-state index contributed by atoms with van der Waals surface area (Å²) in [5, 5.41) is 14.7. The molecule has 0 unspecified atom stereocenters. The Morgan fingerprint density at radius 3 is 2.21 bits per heavy atom. The number of carboxylic acids is 1. The fourth-order valence-electron chi connectivity index (χ4n) is 4.86. The zero-order chi connectivity index (χ0) is 23.4. The zero-order valence-corrected chi connectivity index (χ0v) is 18.8. The van der Waals surface area contributed by atoms with E-state index in [1.165, 1.54) is 11.1 Å². The third-order valence-electron chi connectivity index (χ3n) is 6.58. The average molecular weight is 451 g/mol. The van der Waals surface area contributed by atoms with E-state index in [1.807, 2.05) is 31.2 Å². The molecule has 0 radical (unpaired) electrons. The summed E-state index contributed by atoms with van der Waals surface area (Å²) in [6, 6.07) is 15.9. The Bertz CT molecular complexity index is 985. The highest BCUT2D eigenvalue weighted by molar-refractivity contribution is 5.81. The molecule has 33 heavy (non-hydrogen) atoms. The van der Waals surface area contributed by atoms with Crippen LogP contribution in [0.1, 0.15) is 56.1 Å². The Kier molecular flexibility index (Phi) is 6.96. The molecule has 1 fully saturated rings. The second kappa shape index (κ2) is 10.1. The second-order valence-corrected chi connectivity index (χ2v) is 8.93. The number of amides is 2. The summed E-state index contributed by atoms with van der Waals surface area (Å²) in [5.41, 5.74) is 4.68. The lowest BCUT2D eigenvalue weighted by Crippen LogP contribution is -2.51. The van der Waals surface area contributed by atoms with Gasteiger partial charge in [-0.15, -0.1) is 0 Å². The lowest BCUT2D eigenvalue weighted by molar-refractivity contribution is -0.138. The second-order valence-electron chi connectivity index (χ2n) is 8.93. The van der Waals surface area contributed by atoms with Crippen molar-refractivity contribution in [3.63, 3.8) is 0 Å². The van der Waals surface area contributed by atoms with Crippen molar-refractivity contribution in [3.8, 4) is 11.1 Å². The van der Waals surface area contributed by atoms with Gasteiger partial charge in [-0.2, -0.15) is 0 Å². The van der Waals surface area contributed by atoms with Crippen LogP contribution in [-0.2, 0) is 14.3 Å². The van der Waals surface area contributed by atoms with Crippen LogP contribution in [0.25, 0.3) is 11.1 Å². The molecule has 2 amide bonds. The van der Waals surface area contributed by atoms with Gasteiger partial charge in [-0.05, 0) is 41.5 Å². The van der Waals surface area contributed by atoms with E-state index in [2.05, 4.69) is 34.9 Å². The van der Waals surface area contributed by atoms with Gasteiger partial charge >= 0.3 is 12.1 Å². The number of fused-ring (bicyclic) bond motifs is 3.